The number of aromatic amines is 1. The Morgan fingerprint density at radius 2 is 1.81 bits per heavy atom. The number of H-pyrrole nitrogens is 1. The summed E-state index contributed by atoms with van der Waals surface area (Å²) in [6, 6.07) is 13.1. The van der Waals surface area contributed by atoms with Gasteiger partial charge in [-0.1, -0.05) is 30.3 Å². The molecule has 10 nitrogen and oxygen atoms in total. The molecule has 2 aliphatic rings. The number of amides is 3. The Bertz CT molecular complexity index is 1750. The summed E-state index contributed by atoms with van der Waals surface area (Å²) in [5.74, 6) is -0.605. The standard InChI is InChI=1S/C31H31N5O5S/c32-11-4-13-36-17-22(18-6-1-2-9-23(18)36)26-25(29(38)35-30(26)39)21-16-34-27-19(21)7-3-8-20(27)28(37)33-12-5-15-42-24-10-14-41-31(24)40/h1-3,6-9,16-17,24,34H,4-5,10-15,32H2,(H,33,37)(H,35,38,39). The second kappa shape index (κ2) is 11.9. The van der Waals surface area contributed by atoms with Gasteiger partial charge in [-0.3, -0.25) is 24.5 Å². The number of ether oxygens (including phenoxy) is 1. The van der Waals surface area contributed by atoms with E-state index in [1.54, 1.807) is 30.1 Å². The molecule has 0 saturated carbocycles. The van der Waals surface area contributed by atoms with Crippen molar-refractivity contribution in [3.8, 4) is 0 Å². The van der Waals surface area contributed by atoms with E-state index in [2.05, 4.69) is 20.2 Å². The average Bonchev–Trinajstić information content (AvgIpc) is 3.76. The number of benzene rings is 2. The highest BCUT2D eigenvalue weighted by atomic mass is 32.2. The molecule has 0 aliphatic carbocycles. The number of thioether (sulfide) groups is 1. The molecule has 2 aromatic heterocycles. The van der Waals surface area contributed by atoms with Crippen LogP contribution >= 0.6 is 11.8 Å². The summed E-state index contributed by atoms with van der Waals surface area (Å²) in [5.41, 5.74) is 9.54. The van der Waals surface area contributed by atoms with E-state index in [9.17, 15) is 19.2 Å². The lowest BCUT2D eigenvalue weighted by atomic mass is 9.95. The Kier molecular flexibility index (Phi) is 7.86. The maximum atomic E-state index is 13.2. The first-order chi connectivity index (χ1) is 20.5. The van der Waals surface area contributed by atoms with E-state index in [1.807, 2.05) is 36.5 Å². The normalized spacial score (nSPS) is 17.0. The third kappa shape index (κ3) is 5.10. The van der Waals surface area contributed by atoms with Gasteiger partial charge in [0.15, 0.2) is 0 Å². The number of carbonyl (C=O) groups is 4. The maximum absolute atomic E-state index is 13.2. The molecule has 11 heteroatoms. The zero-order valence-corrected chi connectivity index (χ0v) is 23.7. The van der Waals surface area contributed by atoms with Crippen LogP contribution in [0.15, 0.2) is 54.9 Å². The second-order valence-corrected chi connectivity index (χ2v) is 11.6. The summed E-state index contributed by atoms with van der Waals surface area (Å²) in [7, 11) is 0. The number of cyclic esters (lactones) is 1. The van der Waals surface area contributed by atoms with E-state index >= 15 is 0 Å². The number of aryl methyl sites for hydroxylation is 1. The van der Waals surface area contributed by atoms with E-state index in [-0.39, 0.29) is 22.7 Å². The third-order valence-corrected chi connectivity index (χ3v) is 8.99. The Labute approximate surface area is 246 Å². The van der Waals surface area contributed by atoms with Gasteiger partial charge in [0, 0.05) is 59.3 Å². The van der Waals surface area contributed by atoms with Crippen molar-refractivity contribution >= 4 is 68.4 Å². The number of para-hydroxylation sites is 2. The molecule has 0 spiro atoms. The number of aromatic nitrogens is 2. The second-order valence-electron chi connectivity index (χ2n) is 10.3. The molecule has 1 unspecified atom stereocenters. The molecule has 4 heterocycles. The van der Waals surface area contributed by atoms with Crippen LogP contribution in [0, 0.1) is 0 Å². The number of rotatable bonds is 11. The molecule has 1 saturated heterocycles. The Morgan fingerprint density at radius 1 is 1.02 bits per heavy atom. The highest BCUT2D eigenvalue weighted by molar-refractivity contribution is 8.00. The molecule has 4 aromatic rings. The van der Waals surface area contributed by atoms with Gasteiger partial charge in [0.1, 0.15) is 5.25 Å². The zero-order chi connectivity index (χ0) is 29.2. The lowest BCUT2D eigenvalue weighted by Gasteiger charge is -2.08. The lowest BCUT2D eigenvalue weighted by Crippen LogP contribution is -2.25. The van der Waals surface area contributed by atoms with Gasteiger partial charge in [0.05, 0.1) is 28.8 Å². The molecule has 6 rings (SSSR count). The van der Waals surface area contributed by atoms with Gasteiger partial charge in [-0.2, -0.15) is 0 Å². The minimum Gasteiger partial charge on any atom is -0.465 e. The van der Waals surface area contributed by atoms with E-state index in [0.717, 1.165) is 29.5 Å². The summed E-state index contributed by atoms with van der Waals surface area (Å²) >= 11 is 1.55. The minimum atomic E-state index is -0.479. The van der Waals surface area contributed by atoms with Crippen molar-refractivity contribution in [1.29, 1.82) is 0 Å². The minimum absolute atomic E-state index is 0.117. The molecule has 2 aliphatic heterocycles. The first-order valence-corrected chi connectivity index (χ1v) is 15.1. The average molecular weight is 586 g/mol. The number of hydrogen-bond donors (Lipinski definition) is 4. The van der Waals surface area contributed by atoms with E-state index < -0.39 is 11.8 Å². The van der Waals surface area contributed by atoms with Crippen LogP contribution < -0.4 is 16.4 Å². The van der Waals surface area contributed by atoms with Gasteiger partial charge < -0.3 is 25.3 Å². The predicted molar refractivity (Wildman–Crippen MR) is 163 cm³/mol. The first kappa shape index (κ1) is 27.8. The van der Waals surface area contributed by atoms with Crippen LogP contribution in [0.1, 0.15) is 40.7 Å². The number of carbonyl (C=O) groups excluding carboxylic acids is 4. The van der Waals surface area contributed by atoms with Crippen molar-refractivity contribution in [2.45, 2.75) is 31.1 Å². The van der Waals surface area contributed by atoms with E-state index in [1.165, 1.54) is 0 Å². The smallest absolute Gasteiger partial charge is 0.319 e. The summed E-state index contributed by atoms with van der Waals surface area (Å²) in [6.45, 7) is 2.15. The fourth-order valence-electron chi connectivity index (χ4n) is 5.64. The lowest BCUT2D eigenvalue weighted by molar-refractivity contribution is -0.137. The molecule has 1 atom stereocenters. The number of fused-ring (bicyclic) bond motifs is 2. The van der Waals surface area contributed by atoms with E-state index in [0.29, 0.717) is 65.8 Å². The van der Waals surface area contributed by atoms with Crippen molar-refractivity contribution in [2.75, 3.05) is 25.4 Å². The SMILES string of the molecule is NCCCn1cc(C2=C(c3c[nH]c4c(C(=O)NCCCSC5CCOC5=O)cccc34)C(=O)NC2=O)c2ccccc21. The Balaban J connectivity index is 1.29. The number of imide groups is 1. The summed E-state index contributed by atoms with van der Waals surface area (Å²) in [4.78, 5) is 54.4. The van der Waals surface area contributed by atoms with Gasteiger partial charge in [-0.15, -0.1) is 11.8 Å². The quantitative estimate of drug-likeness (QED) is 0.120. The van der Waals surface area contributed by atoms with Crippen LogP contribution in [-0.4, -0.2) is 63.9 Å². The summed E-state index contributed by atoms with van der Waals surface area (Å²) in [6.07, 6.45) is 5.81. The fraction of sp³-hybridized carbons (Fsp3) is 0.290. The van der Waals surface area contributed by atoms with Crippen LogP contribution in [0.5, 0.6) is 0 Å². The zero-order valence-electron chi connectivity index (χ0n) is 22.9. The molecule has 2 aromatic carbocycles. The molecular formula is C31H31N5O5S. The van der Waals surface area contributed by atoms with Gasteiger partial charge in [0.25, 0.3) is 17.7 Å². The van der Waals surface area contributed by atoms with Crippen LogP contribution in [-0.2, 0) is 25.7 Å². The van der Waals surface area contributed by atoms with Gasteiger partial charge in [-0.25, -0.2) is 0 Å². The summed E-state index contributed by atoms with van der Waals surface area (Å²) in [5, 5.41) is 6.85. The van der Waals surface area contributed by atoms with Gasteiger partial charge in [0.2, 0.25) is 0 Å². The number of esters is 1. The molecule has 0 bridgehead atoms. The van der Waals surface area contributed by atoms with Crippen molar-refractivity contribution in [3.63, 3.8) is 0 Å². The molecule has 1 fully saturated rings. The van der Waals surface area contributed by atoms with Crippen LogP contribution in [0.25, 0.3) is 33.0 Å². The highest BCUT2D eigenvalue weighted by Crippen LogP contribution is 2.38. The molecule has 216 valence electrons. The monoisotopic (exact) mass is 585 g/mol. The molecule has 5 N–H and O–H groups in total. The largest absolute Gasteiger partial charge is 0.465 e. The van der Waals surface area contributed by atoms with Crippen molar-refractivity contribution < 1.29 is 23.9 Å². The Hall–Kier alpha value is -4.35. The fourth-order valence-corrected chi connectivity index (χ4v) is 6.70. The number of nitrogens with one attached hydrogen (secondary N) is 3. The van der Waals surface area contributed by atoms with Crippen molar-refractivity contribution in [1.82, 2.24) is 20.2 Å². The topological polar surface area (TPSA) is 148 Å². The predicted octanol–water partition coefficient (Wildman–Crippen LogP) is 3.21. The van der Waals surface area contributed by atoms with Crippen LogP contribution in [0.3, 0.4) is 0 Å². The molecular weight excluding hydrogens is 554 g/mol. The summed E-state index contributed by atoms with van der Waals surface area (Å²) < 4.78 is 7.05. The van der Waals surface area contributed by atoms with Crippen molar-refractivity contribution in [2.24, 2.45) is 5.73 Å². The molecule has 42 heavy (non-hydrogen) atoms. The highest BCUT2D eigenvalue weighted by Gasteiger charge is 2.35. The molecule has 3 amide bonds. The van der Waals surface area contributed by atoms with Crippen molar-refractivity contribution in [3.05, 3.63) is 71.5 Å². The van der Waals surface area contributed by atoms with E-state index in [4.69, 9.17) is 10.5 Å². The number of nitrogens with zero attached hydrogens (tertiary/aromatic N) is 1. The maximum Gasteiger partial charge on any atom is 0.319 e. The van der Waals surface area contributed by atoms with Gasteiger partial charge >= 0.3 is 5.97 Å². The first-order valence-electron chi connectivity index (χ1n) is 14.0. The Morgan fingerprint density at radius 3 is 2.60 bits per heavy atom. The molecule has 0 radical (unpaired) electrons. The number of nitrogens with two attached hydrogens (primary N) is 1. The van der Waals surface area contributed by atoms with Gasteiger partial charge in [-0.05, 0) is 37.3 Å². The third-order valence-electron chi connectivity index (χ3n) is 7.63. The van der Waals surface area contributed by atoms with Crippen LogP contribution in [0.4, 0.5) is 0 Å². The van der Waals surface area contributed by atoms with Crippen LogP contribution in [0.2, 0.25) is 0 Å². The number of hydrogen-bond acceptors (Lipinski definition) is 7.